The zero-order valence-corrected chi connectivity index (χ0v) is 18.3. The highest BCUT2D eigenvalue weighted by Crippen LogP contribution is 2.35. The van der Waals surface area contributed by atoms with E-state index >= 15 is 0 Å². The number of rotatable bonds is 7. The van der Waals surface area contributed by atoms with Crippen LogP contribution in [0.25, 0.3) is 6.08 Å². The van der Waals surface area contributed by atoms with Crippen molar-refractivity contribution in [3.8, 4) is 11.5 Å². The lowest BCUT2D eigenvalue weighted by Gasteiger charge is -2.33. The molecule has 0 aromatic heterocycles. The number of nitrogens with zero attached hydrogens (tertiary/aromatic N) is 1. The average molecular weight is 445 g/mol. The third kappa shape index (κ3) is 5.01. The van der Waals surface area contributed by atoms with E-state index in [1.54, 1.807) is 18.2 Å². The second-order valence-corrected chi connectivity index (χ2v) is 7.92. The van der Waals surface area contributed by atoms with Crippen LogP contribution in [-0.2, 0) is 19.1 Å². The van der Waals surface area contributed by atoms with Gasteiger partial charge in [-0.25, -0.2) is 9.59 Å². The molecule has 0 unspecified atom stereocenters. The molecule has 2 aliphatic rings. The molecule has 1 aromatic carbocycles. The number of carbonyl (C=O) groups is 4. The summed E-state index contributed by atoms with van der Waals surface area (Å²) < 4.78 is 15.3. The Hall–Kier alpha value is -3.56. The van der Waals surface area contributed by atoms with Crippen LogP contribution in [0.3, 0.4) is 0 Å². The average Bonchev–Trinajstić information content (AvgIpc) is 3.02. The molecule has 4 amide bonds. The van der Waals surface area contributed by atoms with E-state index in [0.717, 1.165) is 18.9 Å². The number of benzene rings is 1. The first-order valence-electron chi connectivity index (χ1n) is 10.3. The van der Waals surface area contributed by atoms with Crippen LogP contribution in [0.4, 0.5) is 4.79 Å². The number of ether oxygens (including phenoxy) is 3. The lowest BCUT2D eigenvalue weighted by atomic mass is 9.77. The predicted octanol–water partition coefficient (Wildman–Crippen LogP) is 1.79. The molecule has 3 rings (SSSR count). The Balaban J connectivity index is 1.53. The van der Waals surface area contributed by atoms with Crippen molar-refractivity contribution in [3.05, 3.63) is 29.8 Å². The summed E-state index contributed by atoms with van der Waals surface area (Å²) in [5, 5.41) is 3.37. The van der Waals surface area contributed by atoms with Crippen molar-refractivity contribution in [3.63, 3.8) is 0 Å². The largest absolute Gasteiger partial charge is 0.497 e. The second-order valence-electron chi connectivity index (χ2n) is 7.92. The van der Waals surface area contributed by atoms with E-state index in [-0.39, 0.29) is 0 Å². The van der Waals surface area contributed by atoms with E-state index in [1.807, 2.05) is 0 Å². The summed E-state index contributed by atoms with van der Waals surface area (Å²) in [6.45, 7) is 1.44. The minimum absolute atomic E-state index is 0.485. The van der Waals surface area contributed by atoms with E-state index < -0.39 is 36.0 Å². The first-order chi connectivity index (χ1) is 15.3. The molecule has 1 saturated carbocycles. The predicted molar refractivity (Wildman–Crippen MR) is 113 cm³/mol. The fourth-order valence-electron chi connectivity index (χ4n) is 3.78. The molecule has 2 fully saturated rings. The van der Waals surface area contributed by atoms with E-state index in [2.05, 4.69) is 17.7 Å². The molecule has 1 saturated heterocycles. The third-order valence-corrected chi connectivity index (χ3v) is 5.71. The quantitative estimate of drug-likeness (QED) is 0.373. The molecule has 0 radical (unpaired) electrons. The van der Waals surface area contributed by atoms with Crippen molar-refractivity contribution >= 4 is 29.9 Å². The summed E-state index contributed by atoms with van der Waals surface area (Å²) >= 11 is 0. The molecular weight excluding hydrogens is 418 g/mol. The van der Waals surface area contributed by atoms with Gasteiger partial charge >= 0.3 is 12.0 Å². The Morgan fingerprint density at radius 2 is 1.94 bits per heavy atom. The molecular formula is C22H27N3O7. The van der Waals surface area contributed by atoms with Gasteiger partial charge in [0.05, 0.1) is 14.2 Å². The molecule has 172 valence electrons. The topological polar surface area (TPSA) is 123 Å². The molecule has 1 heterocycles. The zero-order valence-electron chi connectivity index (χ0n) is 18.3. The molecule has 10 nitrogen and oxygen atoms in total. The molecule has 0 atom stereocenters. The van der Waals surface area contributed by atoms with Gasteiger partial charge in [0.25, 0.3) is 11.8 Å². The van der Waals surface area contributed by atoms with Crippen molar-refractivity contribution in [2.24, 2.45) is 5.92 Å². The molecule has 10 heteroatoms. The minimum atomic E-state index is -0.966. The summed E-state index contributed by atoms with van der Waals surface area (Å²) in [7, 11) is 3.01. The Morgan fingerprint density at radius 1 is 1.22 bits per heavy atom. The van der Waals surface area contributed by atoms with E-state index in [4.69, 9.17) is 14.2 Å². The number of esters is 1. The van der Waals surface area contributed by atoms with Gasteiger partial charge in [-0.2, -0.15) is 5.01 Å². The number of nitrogens with one attached hydrogen (secondary N) is 2. The van der Waals surface area contributed by atoms with Crippen LogP contribution in [0.1, 0.15) is 38.2 Å². The molecule has 1 aliphatic carbocycles. The van der Waals surface area contributed by atoms with Crippen LogP contribution in [-0.4, -0.2) is 55.2 Å². The van der Waals surface area contributed by atoms with Crippen molar-refractivity contribution in [2.75, 3.05) is 20.8 Å². The standard InChI is InChI=1S/C22H27N3O7/c1-14-8-10-22(11-9-14)20(28)25(21(29)23-22)24-18(26)13-32-19(27)7-4-15-12-16(30-2)5-6-17(15)31-3/h4-7,12,14H,8-11,13H2,1-3H3,(H,23,29)(H,24,26)/b7-4+. The van der Waals surface area contributed by atoms with Gasteiger partial charge < -0.3 is 19.5 Å². The van der Waals surface area contributed by atoms with E-state index in [0.29, 0.717) is 40.8 Å². The van der Waals surface area contributed by atoms with Crippen molar-refractivity contribution in [2.45, 2.75) is 38.1 Å². The third-order valence-electron chi connectivity index (χ3n) is 5.71. The SMILES string of the molecule is COc1ccc(OC)c(/C=C/C(=O)OCC(=O)NN2C(=O)NC3(CCC(C)CC3)C2=O)c1. The number of carbonyl (C=O) groups excluding carboxylic acids is 4. The van der Waals surface area contributed by atoms with Gasteiger partial charge in [-0.3, -0.25) is 15.0 Å². The minimum Gasteiger partial charge on any atom is -0.497 e. The number of urea groups is 1. The van der Waals surface area contributed by atoms with Gasteiger partial charge in [-0.05, 0) is 55.9 Å². The Kier molecular flexibility index (Phi) is 7.01. The number of methoxy groups -OCH3 is 2. The lowest BCUT2D eigenvalue weighted by molar-refractivity contribution is -0.147. The van der Waals surface area contributed by atoms with Crippen LogP contribution >= 0.6 is 0 Å². The van der Waals surface area contributed by atoms with Crippen molar-refractivity contribution < 1.29 is 33.4 Å². The van der Waals surface area contributed by atoms with Gasteiger partial charge in [0.1, 0.15) is 17.0 Å². The Morgan fingerprint density at radius 3 is 2.59 bits per heavy atom. The molecule has 32 heavy (non-hydrogen) atoms. The van der Waals surface area contributed by atoms with E-state index in [9.17, 15) is 19.2 Å². The highest BCUT2D eigenvalue weighted by molar-refractivity contribution is 6.08. The Bertz CT molecular complexity index is 935. The maximum absolute atomic E-state index is 12.7. The second kappa shape index (κ2) is 9.71. The van der Waals surface area contributed by atoms with E-state index in [1.165, 1.54) is 20.3 Å². The number of hydrogen-bond acceptors (Lipinski definition) is 7. The monoisotopic (exact) mass is 445 g/mol. The number of imide groups is 1. The highest BCUT2D eigenvalue weighted by atomic mass is 16.5. The van der Waals surface area contributed by atoms with Crippen molar-refractivity contribution in [1.82, 2.24) is 15.8 Å². The molecule has 1 aliphatic heterocycles. The van der Waals surface area contributed by atoms with Crippen LogP contribution in [0.2, 0.25) is 0 Å². The van der Waals surface area contributed by atoms with Gasteiger partial charge in [-0.15, -0.1) is 0 Å². The number of amides is 4. The maximum Gasteiger partial charge on any atom is 0.344 e. The van der Waals surface area contributed by atoms with Crippen LogP contribution in [0.15, 0.2) is 24.3 Å². The van der Waals surface area contributed by atoms with Crippen molar-refractivity contribution in [1.29, 1.82) is 0 Å². The van der Waals surface area contributed by atoms with Gasteiger partial charge in [0.15, 0.2) is 6.61 Å². The number of hydrogen-bond donors (Lipinski definition) is 2. The highest BCUT2D eigenvalue weighted by Gasteiger charge is 2.52. The first-order valence-corrected chi connectivity index (χ1v) is 10.3. The number of hydrazine groups is 1. The zero-order chi connectivity index (χ0) is 23.3. The Labute approximate surface area is 185 Å². The molecule has 2 N–H and O–H groups in total. The summed E-state index contributed by atoms with van der Waals surface area (Å²) in [6, 6.07) is 4.39. The summed E-state index contributed by atoms with van der Waals surface area (Å²) in [4.78, 5) is 49.1. The summed E-state index contributed by atoms with van der Waals surface area (Å²) in [6.07, 6.45) is 5.28. The molecule has 1 spiro atoms. The lowest BCUT2D eigenvalue weighted by Crippen LogP contribution is -2.52. The summed E-state index contributed by atoms with van der Waals surface area (Å²) in [5.74, 6) is -0.470. The van der Waals surface area contributed by atoms with Gasteiger partial charge in [0, 0.05) is 11.6 Å². The van der Waals surface area contributed by atoms with Crippen LogP contribution in [0.5, 0.6) is 11.5 Å². The maximum atomic E-state index is 12.7. The normalized spacial score (nSPS) is 22.7. The van der Waals surface area contributed by atoms with Crippen LogP contribution in [0, 0.1) is 5.92 Å². The van der Waals surface area contributed by atoms with Gasteiger partial charge in [-0.1, -0.05) is 6.92 Å². The van der Waals surface area contributed by atoms with Crippen LogP contribution < -0.4 is 20.2 Å². The molecule has 1 aromatic rings. The smallest absolute Gasteiger partial charge is 0.344 e. The fraction of sp³-hybridized carbons (Fsp3) is 0.455. The molecule has 0 bridgehead atoms. The fourth-order valence-corrected chi connectivity index (χ4v) is 3.78. The first kappa shape index (κ1) is 23.1. The van der Waals surface area contributed by atoms with Gasteiger partial charge in [0.2, 0.25) is 0 Å². The summed E-state index contributed by atoms with van der Waals surface area (Å²) in [5.41, 5.74) is 1.84.